The molecule has 7 heteroatoms. The Balaban J connectivity index is 2.38. The van der Waals surface area contributed by atoms with Gasteiger partial charge in [0.05, 0.1) is 16.8 Å². The highest BCUT2D eigenvalue weighted by molar-refractivity contribution is 6.05. The van der Waals surface area contributed by atoms with Gasteiger partial charge in [-0.05, 0) is 55.7 Å². The first-order chi connectivity index (χ1) is 14.2. The number of hydrogen-bond acceptors (Lipinski definition) is 5. The number of aryl methyl sites for hydroxylation is 3. The van der Waals surface area contributed by atoms with Gasteiger partial charge in [0.15, 0.2) is 0 Å². The van der Waals surface area contributed by atoms with Gasteiger partial charge in [-0.15, -0.1) is 0 Å². The number of hydrogen-bond donors (Lipinski definition) is 2. The van der Waals surface area contributed by atoms with Crippen molar-refractivity contribution in [2.75, 3.05) is 19.4 Å². The molecule has 0 atom stereocenters. The van der Waals surface area contributed by atoms with Crippen LogP contribution in [-0.4, -0.2) is 34.7 Å². The molecule has 0 aliphatic heterocycles. The maximum absolute atomic E-state index is 12.7. The number of likely N-dealkylation sites (N-methyl/N-ethyl adjacent to an activating group) is 1. The second kappa shape index (κ2) is 9.61. The van der Waals surface area contributed by atoms with Crippen LogP contribution in [0.1, 0.15) is 34.1 Å². The molecule has 156 valence electrons. The van der Waals surface area contributed by atoms with Crippen LogP contribution in [0.25, 0.3) is 5.57 Å². The van der Waals surface area contributed by atoms with E-state index in [4.69, 9.17) is 5.73 Å². The number of anilines is 1. The molecule has 1 amide bonds. The van der Waals surface area contributed by atoms with Crippen LogP contribution in [0.3, 0.4) is 0 Å². The molecule has 0 fully saturated rings. The fourth-order valence-electron chi connectivity index (χ4n) is 2.90. The van der Waals surface area contributed by atoms with Crippen LogP contribution >= 0.6 is 0 Å². The highest BCUT2D eigenvalue weighted by atomic mass is 16.1. The zero-order chi connectivity index (χ0) is 22.4. The standard InChI is InChI=1S/C23H28N6O/c1-7-29-14-22(16(3)27-29)23(30)26-20-9-8-15(2)21(11-20)19(13-25)10-18(12-24)17(4)28(5)6/h8-11,13-14H,4,7,25H2,1-3,5-6H3,(H,26,30)/b18-10-,19-13+. The Labute approximate surface area is 177 Å². The zero-order valence-corrected chi connectivity index (χ0v) is 18.2. The third-order valence-electron chi connectivity index (χ3n) is 4.77. The highest BCUT2D eigenvalue weighted by Crippen LogP contribution is 2.26. The summed E-state index contributed by atoms with van der Waals surface area (Å²) in [5.74, 6) is -0.227. The van der Waals surface area contributed by atoms with Crippen LogP contribution in [0, 0.1) is 25.2 Å². The van der Waals surface area contributed by atoms with Crippen LogP contribution in [0.5, 0.6) is 0 Å². The minimum atomic E-state index is -0.227. The Kier molecular flexibility index (Phi) is 7.21. The van der Waals surface area contributed by atoms with Crippen molar-refractivity contribution in [3.8, 4) is 6.07 Å². The number of nitrogens with zero attached hydrogens (tertiary/aromatic N) is 4. The van der Waals surface area contributed by atoms with E-state index in [0.29, 0.717) is 40.3 Å². The molecular formula is C23H28N6O. The molecule has 0 bridgehead atoms. The lowest BCUT2D eigenvalue weighted by Crippen LogP contribution is -2.13. The van der Waals surface area contributed by atoms with Gasteiger partial charge in [-0.3, -0.25) is 9.48 Å². The van der Waals surface area contributed by atoms with Crippen LogP contribution in [0.2, 0.25) is 0 Å². The van der Waals surface area contributed by atoms with E-state index in [1.54, 1.807) is 21.9 Å². The first-order valence-electron chi connectivity index (χ1n) is 9.58. The van der Waals surface area contributed by atoms with Crippen LogP contribution in [-0.2, 0) is 6.54 Å². The summed E-state index contributed by atoms with van der Waals surface area (Å²) in [6.07, 6.45) is 4.88. The van der Waals surface area contributed by atoms with E-state index in [1.165, 1.54) is 6.20 Å². The average Bonchev–Trinajstić information content (AvgIpc) is 3.11. The summed E-state index contributed by atoms with van der Waals surface area (Å²) in [4.78, 5) is 14.5. The molecule has 0 aliphatic rings. The minimum absolute atomic E-state index is 0.227. The molecule has 1 heterocycles. The fraction of sp³-hybridized carbons (Fsp3) is 0.261. The van der Waals surface area contributed by atoms with E-state index >= 15 is 0 Å². The van der Waals surface area contributed by atoms with Crippen LogP contribution in [0.15, 0.2) is 54.5 Å². The van der Waals surface area contributed by atoms with E-state index < -0.39 is 0 Å². The lowest BCUT2D eigenvalue weighted by atomic mass is 9.98. The van der Waals surface area contributed by atoms with Crippen LogP contribution < -0.4 is 11.1 Å². The third-order valence-corrected chi connectivity index (χ3v) is 4.77. The number of carbonyl (C=O) groups excluding carboxylic acids is 1. The van der Waals surface area contributed by atoms with Gasteiger partial charge in [0, 0.05) is 44.4 Å². The van der Waals surface area contributed by atoms with E-state index in [-0.39, 0.29) is 5.91 Å². The van der Waals surface area contributed by atoms with Crippen molar-refractivity contribution >= 4 is 17.2 Å². The molecule has 30 heavy (non-hydrogen) atoms. The first kappa shape index (κ1) is 22.5. The van der Waals surface area contributed by atoms with Gasteiger partial charge < -0.3 is 16.0 Å². The second-order valence-electron chi connectivity index (χ2n) is 7.10. The summed E-state index contributed by atoms with van der Waals surface area (Å²) in [5.41, 5.74) is 11.1. The van der Waals surface area contributed by atoms with Crippen molar-refractivity contribution in [3.63, 3.8) is 0 Å². The summed E-state index contributed by atoms with van der Waals surface area (Å²) >= 11 is 0. The highest BCUT2D eigenvalue weighted by Gasteiger charge is 2.15. The normalized spacial score (nSPS) is 11.7. The first-order valence-corrected chi connectivity index (χ1v) is 9.58. The lowest BCUT2D eigenvalue weighted by Gasteiger charge is -2.16. The van der Waals surface area contributed by atoms with Crippen molar-refractivity contribution in [1.82, 2.24) is 14.7 Å². The maximum atomic E-state index is 12.7. The Morgan fingerprint density at radius 2 is 2.07 bits per heavy atom. The van der Waals surface area contributed by atoms with Gasteiger partial charge >= 0.3 is 0 Å². The van der Waals surface area contributed by atoms with Crippen molar-refractivity contribution < 1.29 is 4.79 Å². The number of carbonyl (C=O) groups is 1. The molecule has 7 nitrogen and oxygen atoms in total. The molecule has 2 aromatic rings. The Morgan fingerprint density at radius 1 is 1.37 bits per heavy atom. The molecule has 0 spiro atoms. The molecule has 0 unspecified atom stereocenters. The van der Waals surface area contributed by atoms with Gasteiger partial charge in [-0.1, -0.05) is 12.6 Å². The molecule has 0 saturated heterocycles. The molecular weight excluding hydrogens is 376 g/mol. The SMILES string of the molecule is C=C(/C(C#N)=C\C(=C/N)c1cc(NC(=O)c2cn(CC)nc2C)ccc1C)N(C)C. The summed E-state index contributed by atoms with van der Waals surface area (Å²) < 4.78 is 1.73. The van der Waals surface area contributed by atoms with Gasteiger partial charge in [0.25, 0.3) is 5.91 Å². The Hall–Kier alpha value is -3.79. The van der Waals surface area contributed by atoms with Crippen molar-refractivity contribution in [3.05, 3.63) is 76.9 Å². The van der Waals surface area contributed by atoms with Gasteiger partial charge in [0.2, 0.25) is 0 Å². The van der Waals surface area contributed by atoms with E-state index in [2.05, 4.69) is 23.1 Å². The fourth-order valence-corrected chi connectivity index (χ4v) is 2.90. The number of benzene rings is 1. The smallest absolute Gasteiger partial charge is 0.259 e. The molecule has 0 radical (unpaired) electrons. The number of amides is 1. The summed E-state index contributed by atoms with van der Waals surface area (Å²) in [7, 11) is 3.65. The second-order valence-corrected chi connectivity index (χ2v) is 7.10. The van der Waals surface area contributed by atoms with Gasteiger partial charge in [0.1, 0.15) is 6.07 Å². The van der Waals surface area contributed by atoms with E-state index in [1.807, 2.05) is 53.1 Å². The molecule has 1 aromatic carbocycles. The molecule has 0 saturated carbocycles. The number of rotatable bonds is 7. The lowest BCUT2D eigenvalue weighted by molar-refractivity contribution is 0.102. The van der Waals surface area contributed by atoms with Crippen molar-refractivity contribution in [1.29, 1.82) is 5.26 Å². The monoisotopic (exact) mass is 404 g/mol. The predicted octanol–water partition coefficient (Wildman–Crippen LogP) is 3.60. The number of nitrogens with one attached hydrogen (secondary N) is 1. The van der Waals surface area contributed by atoms with Crippen LogP contribution in [0.4, 0.5) is 5.69 Å². The minimum Gasteiger partial charge on any atom is -0.404 e. The number of nitrogens with two attached hydrogens (primary N) is 1. The summed E-state index contributed by atoms with van der Waals surface area (Å²) in [5, 5.41) is 16.8. The topological polar surface area (TPSA) is 100.0 Å². The summed E-state index contributed by atoms with van der Waals surface area (Å²) in [6, 6.07) is 7.74. The molecule has 0 aliphatic carbocycles. The molecule has 1 aromatic heterocycles. The van der Waals surface area contributed by atoms with Gasteiger partial charge in [-0.2, -0.15) is 10.4 Å². The molecule has 3 N–H and O–H groups in total. The Bertz CT molecular complexity index is 1070. The van der Waals surface area contributed by atoms with E-state index in [9.17, 15) is 10.1 Å². The van der Waals surface area contributed by atoms with E-state index in [0.717, 1.165) is 11.1 Å². The van der Waals surface area contributed by atoms with Crippen molar-refractivity contribution in [2.24, 2.45) is 5.73 Å². The average molecular weight is 405 g/mol. The Morgan fingerprint density at radius 3 is 2.60 bits per heavy atom. The predicted molar refractivity (Wildman–Crippen MR) is 120 cm³/mol. The zero-order valence-electron chi connectivity index (χ0n) is 18.2. The largest absolute Gasteiger partial charge is 0.404 e. The number of nitriles is 1. The van der Waals surface area contributed by atoms with Crippen molar-refractivity contribution in [2.45, 2.75) is 27.3 Å². The number of aromatic nitrogens is 2. The third kappa shape index (κ3) is 4.97. The quantitative estimate of drug-likeness (QED) is 0.542. The maximum Gasteiger partial charge on any atom is 0.259 e. The summed E-state index contributed by atoms with van der Waals surface area (Å²) in [6.45, 7) is 10.4. The molecule has 2 rings (SSSR count). The van der Waals surface area contributed by atoms with Gasteiger partial charge in [-0.25, -0.2) is 0 Å². The number of allylic oxidation sites excluding steroid dienone is 3.